The van der Waals surface area contributed by atoms with Gasteiger partial charge in [0.1, 0.15) is 11.6 Å². The molecule has 0 unspecified atom stereocenters. The molecule has 3 N–H and O–H groups in total. The zero-order valence-electron chi connectivity index (χ0n) is 13.7. The highest BCUT2D eigenvalue weighted by molar-refractivity contribution is 5.94. The van der Waals surface area contributed by atoms with Gasteiger partial charge in [0, 0.05) is 35.2 Å². The van der Waals surface area contributed by atoms with Crippen LogP contribution in [0.1, 0.15) is 12.5 Å². The Hall–Kier alpha value is -3.21. The summed E-state index contributed by atoms with van der Waals surface area (Å²) in [6, 6.07) is 5.92. The van der Waals surface area contributed by atoms with Crippen molar-refractivity contribution in [3.05, 3.63) is 66.8 Å². The molecule has 3 rings (SSSR count). The number of hydrogen-bond donors (Lipinski definition) is 2. The molecule has 0 fully saturated rings. The number of rotatable bonds is 4. The van der Waals surface area contributed by atoms with Crippen molar-refractivity contribution in [3.8, 4) is 11.3 Å². The third kappa shape index (κ3) is 2.96. The number of aromatic nitrogens is 3. The molecule has 0 aliphatic rings. The van der Waals surface area contributed by atoms with Gasteiger partial charge in [-0.15, -0.1) is 0 Å². The Balaban J connectivity index is 2.11. The van der Waals surface area contributed by atoms with E-state index >= 15 is 0 Å². The highest BCUT2D eigenvalue weighted by Gasteiger charge is 2.09. The molecule has 0 aromatic carbocycles. The molecule has 0 saturated carbocycles. The van der Waals surface area contributed by atoms with Gasteiger partial charge >= 0.3 is 0 Å². The zero-order valence-corrected chi connectivity index (χ0v) is 13.7. The highest BCUT2D eigenvalue weighted by Crippen LogP contribution is 2.28. The number of allylic oxidation sites excluding steroid dienone is 2. The van der Waals surface area contributed by atoms with E-state index in [0.717, 1.165) is 39.1 Å². The van der Waals surface area contributed by atoms with E-state index in [9.17, 15) is 0 Å². The van der Waals surface area contributed by atoms with Crippen LogP contribution < -0.4 is 11.1 Å². The summed E-state index contributed by atoms with van der Waals surface area (Å²) in [5.41, 5.74) is 9.90. The Labute approximate surface area is 141 Å². The van der Waals surface area contributed by atoms with Crippen LogP contribution in [0.15, 0.2) is 61.2 Å². The van der Waals surface area contributed by atoms with Crippen LogP contribution in [0.25, 0.3) is 22.0 Å². The maximum absolute atomic E-state index is 6.13. The highest BCUT2D eigenvalue weighted by atomic mass is 15.0. The molecule has 5 nitrogen and oxygen atoms in total. The van der Waals surface area contributed by atoms with Gasteiger partial charge < -0.3 is 11.1 Å². The molecule has 0 bridgehead atoms. The summed E-state index contributed by atoms with van der Waals surface area (Å²) in [5, 5.41) is 5.01. The summed E-state index contributed by atoms with van der Waals surface area (Å²) in [5.74, 6) is 1.19. The largest absolute Gasteiger partial charge is 0.383 e. The summed E-state index contributed by atoms with van der Waals surface area (Å²) in [6.45, 7) is 7.74. The monoisotopic (exact) mass is 317 g/mol. The molecular weight excluding hydrogens is 298 g/mol. The SMILES string of the molecule is C=C/C(=C\C)Nc1cc2cc(-c3cnccc3C)nc(N)c2cn1. The lowest BCUT2D eigenvalue weighted by Gasteiger charge is -2.10. The first-order valence-corrected chi connectivity index (χ1v) is 7.65. The normalized spacial score (nSPS) is 11.5. The third-order valence-corrected chi connectivity index (χ3v) is 3.86. The van der Waals surface area contributed by atoms with Gasteiger partial charge in [-0.2, -0.15) is 0 Å². The smallest absolute Gasteiger partial charge is 0.133 e. The molecule has 3 aromatic heterocycles. The Morgan fingerprint density at radius 2 is 2.12 bits per heavy atom. The van der Waals surface area contributed by atoms with E-state index in [1.807, 2.05) is 38.1 Å². The quantitative estimate of drug-likeness (QED) is 0.709. The predicted octanol–water partition coefficient (Wildman–Crippen LogP) is 4.08. The van der Waals surface area contributed by atoms with Crippen molar-refractivity contribution >= 4 is 22.4 Å². The van der Waals surface area contributed by atoms with Crippen molar-refractivity contribution < 1.29 is 0 Å². The van der Waals surface area contributed by atoms with Crippen LogP contribution in [-0.4, -0.2) is 15.0 Å². The lowest BCUT2D eigenvalue weighted by molar-refractivity contribution is 1.25. The van der Waals surface area contributed by atoms with Gasteiger partial charge in [0.05, 0.1) is 5.69 Å². The number of fused-ring (bicyclic) bond motifs is 1. The van der Waals surface area contributed by atoms with Crippen LogP contribution in [0.2, 0.25) is 0 Å². The number of hydrogen-bond acceptors (Lipinski definition) is 5. The molecule has 5 heteroatoms. The van der Waals surface area contributed by atoms with Gasteiger partial charge in [-0.05, 0) is 49.1 Å². The molecule has 24 heavy (non-hydrogen) atoms. The van der Waals surface area contributed by atoms with Gasteiger partial charge in [0.2, 0.25) is 0 Å². The number of nitrogens with one attached hydrogen (secondary N) is 1. The standard InChI is InChI=1S/C19H19N5/c1-4-14(5-2)23-18-9-13-8-17(15-10-21-7-6-12(15)3)24-19(20)16(13)11-22-18/h4-11H,1H2,2-3H3,(H2,20,24)(H,22,23)/b14-5+. The van der Waals surface area contributed by atoms with E-state index in [1.165, 1.54) is 0 Å². The molecular formula is C19H19N5. The Bertz CT molecular complexity index is 944. The second kappa shape index (κ2) is 6.50. The molecule has 0 spiro atoms. The molecule has 3 heterocycles. The fourth-order valence-electron chi connectivity index (χ4n) is 2.50. The number of aryl methyl sites for hydroxylation is 1. The van der Waals surface area contributed by atoms with Gasteiger partial charge in [-0.3, -0.25) is 4.98 Å². The van der Waals surface area contributed by atoms with E-state index in [0.29, 0.717) is 5.82 Å². The Kier molecular flexibility index (Phi) is 4.24. The predicted molar refractivity (Wildman–Crippen MR) is 99.5 cm³/mol. The van der Waals surface area contributed by atoms with Crippen LogP contribution in [0.3, 0.4) is 0 Å². The molecule has 0 aliphatic heterocycles. The summed E-state index contributed by atoms with van der Waals surface area (Å²) in [6.07, 6.45) is 8.99. The summed E-state index contributed by atoms with van der Waals surface area (Å²) in [7, 11) is 0. The van der Waals surface area contributed by atoms with Crippen LogP contribution in [-0.2, 0) is 0 Å². The minimum Gasteiger partial charge on any atom is -0.383 e. The van der Waals surface area contributed by atoms with Crippen molar-refractivity contribution in [2.45, 2.75) is 13.8 Å². The first-order valence-electron chi connectivity index (χ1n) is 7.65. The molecule has 0 atom stereocenters. The first-order chi connectivity index (χ1) is 11.6. The molecule has 0 aliphatic carbocycles. The van der Waals surface area contributed by atoms with E-state index < -0.39 is 0 Å². The lowest BCUT2D eigenvalue weighted by Crippen LogP contribution is -2.00. The molecule has 3 aromatic rings. The number of nitrogen functional groups attached to an aromatic ring is 1. The van der Waals surface area contributed by atoms with Gasteiger partial charge in [0.25, 0.3) is 0 Å². The van der Waals surface area contributed by atoms with Crippen LogP contribution in [0.4, 0.5) is 11.6 Å². The lowest BCUT2D eigenvalue weighted by atomic mass is 10.1. The van der Waals surface area contributed by atoms with Gasteiger partial charge in [-0.25, -0.2) is 9.97 Å². The molecule has 0 amide bonds. The molecule has 120 valence electrons. The Morgan fingerprint density at radius 3 is 2.83 bits per heavy atom. The Morgan fingerprint density at radius 1 is 1.29 bits per heavy atom. The number of anilines is 2. The summed E-state index contributed by atoms with van der Waals surface area (Å²) >= 11 is 0. The van der Waals surface area contributed by atoms with Crippen LogP contribution in [0, 0.1) is 6.92 Å². The third-order valence-electron chi connectivity index (χ3n) is 3.86. The topological polar surface area (TPSA) is 76.7 Å². The minimum absolute atomic E-state index is 0.458. The van der Waals surface area contributed by atoms with Gasteiger partial charge in [0.15, 0.2) is 0 Å². The minimum atomic E-state index is 0.458. The van der Waals surface area contributed by atoms with Crippen LogP contribution in [0.5, 0.6) is 0 Å². The number of nitrogens with zero attached hydrogens (tertiary/aromatic N) is 3. The van der Waals surface area contributed by atoms with E-state index in [-0.39, 0.29) is 0 Å². The van der Waals surface area contributed by atoms with E-state index in [2.05, 4.69) is 26.8 Å². The molecule has 0 saturated heterocycles. The van der Waals surface area contributed by atoms with E-state index in [4.69, 9.17) is 5.73 Å². The average molecular weight is 317 g/mol. The fraction of sp³-hybridized carbons (Fsp3) is 0.105. The summed E-state index contributed by atoms with van der Waals surface area (Å²) < 4.78 is 0. The van der Waals surface area contributed by atoms with Crippen molar-refractivity contribution in [2.24, 2.45) is 0 Å². The van der Waals surface area contributed by atoms with E-state index in [1.54, 1.807) is 24.7 Å². The first kappa shape index (κ1) is 15.7. The zero-order chi connectivity index (χ0) is 17.1. The van der Waals surface area contributed by atoms with Crippen molar-refractivity contribution in [1.29, 1.82) is 0 Å². The maximum Gasteiger partial charge on any atom is 0.133 e. The second-order valence-corrected chi connectivity index (χ2v) is 5.45. The number of nitrogens with two attached hydrogens (primary N) is 1. The van der Waals surface area contributed by atoms with Crippen LogP contribution >= 0.6 is 0 Å². The second-order valence-electron chi connectivity index (χ2n) is 5.45. The number of pyridine rings is 3. The molecule has 0 radical (unpaired) electrons. The maximum atomic E-state index is 6.13. The van der Waals surface area contributed by atoms with Gasteiger partial charge in [-0.1, -0.05) is 12.7 Å². The summed E-state index contributed by atoms with van der Waals surface area (Å²) in [4.78, 5) is 13.1. The van der Waals surface area contributed by atoms with Crippen molar-refractivity contribution in [1.82, 2.24) is 15.0 Å². The average Bonchev–Trinajstić information content (AvgIpc) is 2.59. The fourth-order valence-corrected chi connectivity index (χ4v) is 2.50. The van der Waals surface area contributed by atoms with Crippen molar-refractivity contribution in [2.75, 3.05) is 11.1 Å². The van der Waals surface area contributed by atoms with Crippen molar-refractivity contribution in [3.63, 3.8) is 0 Å².